The Bertz CT molecular complexity index is 756. The van der Waals surface area contributed by atoms with Gasteiger partial charge in [-0.1, -0.05) is 48.5 Å². The minimum Gasteiger partial charge on any atom is -0.354 e. The number of amides is 1. The Kier molecular flexibility index (Phi) is 4.64. The number of aromatic nitrogens is 1. The van der Waals surface area contributed by atoms with Gasteiger partial charge in [0.25, 0.3) is 5.91 Å². The number of anilines is 2. The van der Waals surface area contributed by atoms with Gasteiger partial charge in [-0.3, -0.25) is 4.79 Å². The zero-order valence-corrected chi connectivity index (χ0v) is 12.6. The van der Waals surface area contributed by atoms with Crippen LogP contribution >= 0.6 is 0 Å². The average Bonchev–Trinajstić information content (AvgIpc) is 2.62. The molecule has 0 saturated carbocycles. The van der Waals surface area contributed by atoms with Crippen LogP contribution in [0, 0.1) is 0 Å². The highest BCUT2D eigenvalue weighted by atomic mass is 16.1. The van der Waals surface area contributed by atoms with Crippen LogP contribution < -0.4 is 10.6 Å². The van der Waals surface area contributed by atoms with E-state index in [1.807, 2.05) is 66.7 Å². The van der Waals surface area contributed by atoms with Crippen molar-refractivity contribution >= 4 is 17.3 Å². The highest BCUT2D eigenvalue weighted by Crippen LogP contribution is 2.15. The van der Waals surface area contributed by atoms with E-state index >= 15 is 0 Å². The lowest BCUT2D eigenvalue weighted by molar-refractivity contribution is 0.0946. The highest BCUT2D eigenvalue weighted by Gasteiger charge is 2.06. The summed E-state index contributed by atoms with van der Waals surface area (Å²) in [4.78, 5) is 16.3. The number of carbonyl (C=O) groups is 1. The van der Waals surface area contributed by atoms with Gasteiger partial charge >= 0.3 is 0 Å². The van der Waals surface area contributed by atoms with Gasteiger partial charge < -0.3 is 10.6 Å². The molecule has 0 aliphatic rings. The Morgan fingerprint density at radius 3 is 2.17 bits per heavy atom. The summed E-state index contributed by atoms with van der Waals surface area (Å²) in [5.41, 5.74) is 3.29. The van der Waals surface area contributed by atoms with Gasteiger partial charge in [-0.15, -0.1) is 0 Å². The van der Waals surface area contributed by atoms with Gasteiger partial charge in [0.15, 0.2) is 0 Å². The zero-order chi connectivity index (χ0) is 15.9. The normalized spacial score (nSPS) is 10.1. The second-order valence-electron chi connectivity index (χ2n) is 5.09. The maximum Gasteiger partial charge on any atom is 0.270 e. The summed E-state index contributed by atoms with van der Waals surface area (Å²) in [6, 6.07) is 23.2. The molecule has 0 saturated heterocycles. The summed E-state index contributed by atoms with van der Waals surface area (Å²) in [7, 11) is 0. The van der Waals surface area contributed by atoms with Crippen molar-refractivity contribution in [1.29, 1.82) is 0 Å². The predicted octanol–water partition coefficient (Wildman–Crippen LogP) is 3.76. The SMILES string of the molecule is O=C(NCc1ccccc1)c1ccc(Nc2ccccc2)cn1. The molecule has 0 unspecified atom stereocenters. The summed E-state index contributed by atoms with van der Waals surface area (Å²) in [5.74, 6) is -0.180. The third kappa shape index (κ3) is 4.17. The molecule has 0 radical (unpaired) electrons. The van der Waals surface area contributed by atoms with E-state index in [0.717, 1.165) is 16.9 Å². The smallest absolute Gasteiger partial charge is 0.270 e. The Balaban J connectivity index is 1.59. The number of carbonyl (C=O) groups excluding carboxylic acids is 1. The predicted molar refractivity (Wildman–Crippen MR) is 91.6 cm³/mol. The summed E-state index contributed by atoms with van der Waals surface area (Å²) in [6.07, 6.45) is 1.66. The first kappa shape index (κ1) is 14.8. The molecule has 4 heteroatoms. The summed E-state index contributed by atoms with van der Waals surface area (Å²) >= 11 is 0. The Morgan fingerprint density at radius 1 is 0.826 bits per heavy atom. The Labute approximate surface area is 135 Å². The van der Waals surface area contributed by atoms with E-state index < -0.39 is 0 Å². The average molecular weight is 303 g/mol. The van der Waals surface area contributed by atoms with Crippen LogP contribution in [0.15, 0.2) is 79.0 Å². The molecule has 0 fully saturated rings. The fourth-order valence-corrected chi connectivity index (χ4v) is 2.16. The van der Waals surface area contributed by atoms with Gasteiger partial charge in [0.2, 0.25) is 0 Å². The van der Waals surface area contributed by atoms with Crippen LogP contribution in [0.4, 0.5) is 11.4 Å². The zero-order valence-electron chi connectivity index (χ0n) is 12.6. The highest BCUT2D eigenvalue weighted by molar-refractivity contribution is 5.92. The maximum absolute atomic E-state index is 12.1. The lowest BCUT2D eigenvalue weighted by Gasteiger charge is -2.07. The molecule has 3 aromatic rings. The second kappa shape index (κ2) is 7.22. The monoisotopic (exact) mass is 303 g/mol. The van der Waals surface area contributed by atoms with Crippen molar-refractivity contribution in [1.82, 2.24) is 10.3 Å². The Morgan fingerprint density at radius 2 is 1.52 bits per heavy atom. The van der Waals surface area contributed by atoms with E-state index in [4.69, 9.17) is 0 Å². The van der Waals surface area contributed by atoms with Gasteiger partial charge in [0.05, 0.1) is 11.9 Å². The van der Waals surface area contributed by atoms with Crippen molar-refractivity contribution in [2.75, 3.05) is 5.32 Å². The van der Waals surface area contributed by atoms with Crippen LogP contribution in [0.2, 0.25) is 0 Å². The lowest BCUT2D eigenvalue weighted by atomic mass is 10.2. The number of para-hydroxylation sites is 1. The maximum atomic E-state index is 12.1. The number of hydrogen-bond donors (Lipinski definition) is 2. The van der Waals surface area contributed by atoms with Crippen LogP contribution in [-0.2, 0) is 6.54 Å². The molecule has 4 nitrogen and oxygen atoms in total. The molecule has 0 spiro atoms. The van der Waals surface area contributed by atoms with E-state index in [0.29, 0.717) is 12.2 Å². The lowest BCUT2D eigenvalue weighted by Crippen LogP contribution is -2.23. The van der Waals surface area contributed by atoms with Gasteiger partial charge in [-0.25, -0.2) is 4.98 Å². The Hall–Kier alpha value is -3.14. The van der Waals surface area contributed by atoms with Crippen LogP contribution in [0.3, 0.4) is 0 Å². The number of rotatable bonds is 5. The summed E-state index contributed by atoms with van der Waals surface area (Å²) < 4.78 is 0. The van der Waals surface area contributed by atoms with Crippen molar-refractivity contribution < 1.29 is 4.79 Å². The molecule has 0 aliphatic heterocycles. The number of nitrogens with one attached hydrogen (secondary N) is 2. The van der Waals surface area contributed by atoms with E-state index in [9.17, 15) is 4.79 Å². The van der Waals surface area contributed by atoms with Crippen molar-refractivity contribution in [3.05, 3.63) is 90.3 Å². The van der Waals surface area contributed by atoms with Crippen LogP contribution in [0.25, 0.3) is 0 Å². The number of benzene rings is 2. The second-order valence-corrected chi connectivity index (χ2v) is 5.09. The fourth-order valence-electron chi connectivity index (χ4n) is 2.16. The van der Waals surface area contributed by atoms with Gasteiger partial charge in [0, 0.05) is 12.2 Å². The molecule has 2 aromatic carbocycles. The third-order valence-corrected chi connectivity index (χ3v) is 3.35. The molecular formula is C19H17N3O. The molecule has 1 amide bonds. The molecular weight excluding hydrogens is 286 g/mol. The third-order valence-electron chi connectivity index (χ3n) is 3.35. The molecule has 2 N–H and O–H groups in total. The minimum absolute atomic E-state index is 0.180. The van der Waals surface area contributed by atoms with Crippen molar-refractivity contribution in [3.63, 3.8) is 0 Å². The van der Waals surface area contributed by atoms with Crippen LogP contribution in [-0.4, -0.2) is 10.9 Å². The summed E-state index contributed by atoms with van der Waals surface area (Å²) in [5, 5.41) is 6.10. The fraction of sp³-hybridized carbons (Fsp3) is 0.0526. The van der Waals surface area contributed by atoms with Gasteiger partial charge in [-0.05, 0) is 29.8 Å². The van der Waals surface area contributed by atoms with E-state index in [2.05, 4.69) is 15.6 Å². The molecule has 1 heterocycles. The first-order chi connectivity index (χ1) is 11.3. The molecule has 0 atom stereocenters. The number of hydrogen-bond acceptors (Lipinski definition) is 3. The molecule has 1 aromatic heterocycles. The van der Waals surface area contributed by atoms with Crippen molar-refractivity contribution in [2.45, 2.75) is 6.54 Å². The molecule has 23 heavy (non-hydrogen) atoms. The molecule has 0 aliphatic carbocycles. The largest absolute Gasteiger partial charge is 0.354 e. The van der Waals surface area contributed by atoms with Crippen LogP contribution in [0.5, 0.6) is 0 Å². The minimum atomic E-state index is -0.180. The first-order valence-corrected chi connectivity index (χ1v) is 7.41. The number of nitrogens with zero attached hydrogens (tertiary/aromatic N) is 1. The van der Waals surface area contributed by atoms with E-state index in [1.165, 1.54) is 0 Å². The van der Waals surface area contributed by atoms with Gasteiger partial charge in [-0.2, -0.15) is 0 Å². The van der Waals surface area contributed by atoms with E-state index in [-0.39, 0.29) is 5.91 Å². The van der Waals surface area contributed by atoms with Gasteiger partial charge in [0.1, 0.15) is 5.69 Å². The van der Waals surface area contributed by atoms with Crippen molar-refractivity contribution in [3.8, 4) is 0 Å². The standard InChI is InChI=1S/C19H17N3O/c23-19(21-13-15-7-3-1-4-8-15)18-12-11-17(14-20-18)22-16-9-5-2-6-10-16/h1-12,14,22H,13H2,(H,21,23). The van der Waals surface area contributed by atoms with Crippen molar-refractivity contribution in [2.24, 2.45) is 0 Å². The quantitative estimate of drug-likeness (QED) is 0.754. The van der Waals surface area contributed by atoms with E-state index in [1.54, 1.807) is 12.3 Å². The first-order valence-electron chi connectivity index (χ1n) is 7.41. The molecule has 114 valence electrons. The summed E-state index contributed by atoms with van der Waals surface area (Å²) in [6.45, 7) is 0.491. The number of pyridine rings is 1. The van der Waals surface area contributed by atoms with Crippen LogP contribution in [0.1, 0.15) is 16.1 Å². The molecule has 3 rings (SSSR count). The molecule has 0 bridgehead atoms. The topological polar surface area (TPSA) is 54.0 Å².